The van der Waals surface area contributed by atoms with Crippen molar-refractivity contribution >= 4 is 21.6 Å². The molecule has 2 N–H and O–H groups in total. The predicted octanol–water partition coefficient (Wildman–Crippen LogP) is 4.17. The van der Waals surface area contributed by atoms with Crippen LogP contribution in [0.2, 0.25) is 0 Å². The number of nitrogens with one attached hydrogen (secondary N) is 1. The monoisotopic (exact) mass is 321 g/mol. The summed E-state index contributed by atoms with van der Waals surface area (Å²) >= 11 is 3.48. The fourth-order valence-electron chi connectivity index (χ4n) is 1.78. The van der Waals surface area contributed by atoms with Gasteiger partial charge in [0.05, 0.1) is 6.61 Å². The molecule has 0 aliphatic carbocycles. The maximum atomic E-state index is 10.1. The summed E-state index contributed by atoms with van der Waals surface area (Å²) in [6.45, 7) is 2.97. The number of hydrogen-bond acceptors (Lipinski definition) is 3. The minimum absolute atomic E-state index is 0.198. The number of para-hydroxylation sites is 2. The first-order valence-electron chi connectivity index (χ1n) is 6.14. The summed E-state index contributed by atoms with van der Waals surface area (Å²) < 4.78 is 6.36. The van der Waals surface area contributed by atoms with Crippen LogP contribution in [0.5, 0.6) is 11.5 Å². The van der Waals surface area contributed by atoms with Crippen molar-refractivity contribution in [2.75, 3.05) is 11.9 Å². The van der Waals surface area contributed by atoms with E-state index in [-0.39, 0.29) is 5.75 Å². The van der Waals surface area contributed by atoms with E-state index in [1.54, 1.807) is 6.07 Å². The van der Waals surface area contributed by atoms with E-state index >= 15 is 0 Å². The molecule has 0 aliphatic rings. The van der Waals surface area contributed by atoms with Crippen LogP contribution in [0.3, 0.4) is 0 Å². The molecule has 19 heavy (non-hydrogen) atoms. The van der Waals surface area contributed by atoms with Crippen LogP contribution in [-0.4, -0.2) is 11.7 Å². The molecular formula is C15H16BrNO2. The lowest BCUT2D eigenvalue weighted by Crippen LogP contribution is -2.01. The zero-order valence-corrected chi connectivity index (χ0v) is 12.3. The molecule has 0 aliphatic heterocycles. The maximum Gasteiger partial charge on any atom is 0.162 e. The van der Waals surface area contributed by atoms with Gasteiger partial charge in [-0.2, -0.15) is 0 Å². The highest BCUT2D eigenvalue weighted by Crippen LogP contribution is 2.31. The number of hydrogen-bond donors (Lipinski definition) is 2. The lowest BCUT2D eigenvalue weighted by molar-refractivity contribution is 0.317. The molecule has 0 fully saturated rings. The Hall–Kier alpha value is -1.68. The van der Waals surface area contributed by atoms with Crippen molar-refractivity contribution in [2.24, 2.45) is 0 Å². The number of halogens is 1. The maximum absolute atomic E-state index is 10.1. The van der Waals surface area contributed by atoms with Crippen molar-refractivity contribution in [1.82, 2.24) is 0 Å². The summed E-state index contributed by atoms with van der Waals surface area (Å²) in [5, 5.41) is 13.4. The summed E-state index contributed by atoms with van der Waals surface area (Å²) in [7, 11) is 0. The first-order valence-corrected chi connectivity index (χ1v) is 6.93. The number of benzene rings is 2. The van der Waals surface area contributed by atoms with E-state index in [0.29, 0.717) is 18.9 Å². The van der Waals surface area contributed by atoms with E-state index in [9.17, 15) is 5.11 Å². The van der Waals surface area contributed by atoms with Gasteiger partial charge in [0, 0.05) is 22.3 Å². The zero-order chi connectivity index (χ0) is 13.7. The Bertz CT molecular complexity index is 558. The Labute approximate surface area is 121 Å². The van der Waals surface area contributed by atoms with E-state index < -0.39 is 0 Å². The molecule has 0 unspecified atom stereocenters. The average Bonchev–Trinajstić information content (AvgIpc) is 2.42. The van der Waals surface area contributed by atoms with Crippen LogP contribution in [0.1, 0.15) is 12.5 Å². The van der Waals surface area contributed by atoms with Gasteiger partial charge < -0.3 is 15.2 Å². The van der Waals surface area contributed by atoms with Crippen molar-refractivity contribution in [3.05, 3.63) is 52.5 Å². The Balaban J connectivity index is 2.12. The van der Waals surface area contributed by atoms with Crippen molar-refractivity contribution in [3.63, 3.8) is 0 Å². The molecule has 100 valence electrons. The third-order valence-corrected chi connectivity index (χ3v) is 3.42. The van der Waals surface area contributed by atoms with E-state index in [1.165, 1.54) is 0 Å². The standard InChI is InChI=1S/C15H16BrNO2/c1-2-19-14-9-5-6-11(15(14)18)10-17-13-8-4-3-7-12(13)16/h3-9,17-18H,2,10H2,1H3. The van der Waals surface area contributed by atoms with Gasteiger partial charge in [-0.15, -0.1) is 0 Å². The number of phenols is 1. The Morgan fingerprint density at radius 2 is 1.95 bits per heavy atom. The molecule has 0 spiro atoms. The van der Waals surface area contributed by atoms with Crippen LogP contribution in [0.4, 0.5) is 5.69 Å². The highest BCUT2D eigenvalue weighted by Gasteiger charge is 2.08. The smallest absolute Gasteiger partial charge is 0.162 e. The molecule has 4 heteroatoms. The predicted molar refractivity (Wildman–Crippen MR) is 80.7 cm³/mol. The van der Waals surface area contributed by atoms with Crippen LogP contribution < -0.4 is 10.1 Å². The van der Waals surface area contributed by atoms with Crippen molar-refractivity contribution < 1.29 is 9.84 Å². The SMILES string of the molecule is CCOc1cccc(CNc2ccccc2Br)c1O. The largest absolute Gasteiger partial charge is 0.504 e. The third kappa shape index (κ3) is 3.41. The summed E-state index contributed by atoms with van der Waals surface area (Å²) in [6, 6.07) is 13.4. The van der Waals surface area contributed by atoms with Crippen LogP contribution in [0, 0.1) is 0 Å². The molecular weight excluding hydrogens is 306 g/mol. The van der Waals surface area contributed by atoms with Crippen molar-refractivity contribution in [3.8, 4) is 11.5 Å². The zero-order valence-electron chi connectivity index (χ0n) is 10.7. The van der Waals surface area contributed by atoms with Gasteiger partial charge in [0.15, 0.2) is 11.5 Å². The lowest BCUT2D eigenvalue weighted by Gasteiger charge is -2.12. The number of phenolic OH excluding ortho intramolecular Hbond substituents is 1. The fourth-order valence-corrected chi connectivity index (χ4v) is 2.20. The van der Waals surface area contributed by atoms with Crippen molar-refractivity contribution in [1.29, 1.82) is 0 Å². The number of rotatable bonds is 5. The summed E-state index contributed by atoms with van der Waals surface area (Å²) in [5.74, 6) is 0.720. The van der Waals surface area contributed by atoms with E-state index in [0.717, 1.165) is 15.7 Å². The molecule has 0 saturated carbocycles. The van der Waals surface area contributed by atoms with Crippen LogP contribution in [0.25, 0.3) is 0 Å². The quantitative estimate of drug-likeness (QED) is 0.868. The minimum atomic E-state index is 0.198. The van der Waals surface area contributed by atoms with Gasteiger partial charge in [0.1, 0.15) is 0 Å². The summed E-state index contributed by atoms with van der Waals surface area (Å²) in [5.41, 5.74) is 1.80. The topological polar surface area (TPSA) is 41.5 Å². The first kappa shape index (κ1) is 13.7. The van der Waals surface area contributed by atoms with Gasteiger partial charge in [-0.3, -0.25) is 0 Å². The highest BCUT2D eigenvalue weighted by molar-refractivity contribution is 9.10. The molecule has 0 saturated heterocycles. The van der Waals surface area contributed by atoms with Gasteiger partial charge >= 0.3 is 0 Å². The Kier molecular flexibility index (Phi) is 4.68. The minimum Gasteiger partial charge on any atom is -0.504 e. The second-order valence-electron chi connectivity index (χ2n) is 4.03. The fraction of sp³-hybridized carbons (Fsp3) is 0.200. The molecule has 0 atom stereocenters. The average molecular weight is 322 g/mol. The number of aromatic hydroxyl groups is 1. The second-order valence-corrected chi connectivity index (χ2v) is 4.88. The third-order valence-electron chi connectivity index (χ3n) is 2.73. The molecule has 0 bridgehead atoms. The molecule has 3 nitrogen and oxygen atoms in total. The molecule has 0 radical (unpaired) electrons. The molecule has 2 rings (SSSR count). The van der Waals surface area contributed by atoms with Gasteiger partial charge in [-0.05, 0) is 41.1 Å². The highest BCUT2D eigenvalue weighted by atomic mass is 79.9. The van der Waals surface area contributed by atoms with E-state index in [4.69, 9.17) is 4.74 Å². The molecule has 0 amide bonds. The van der Waals surface area contributed by atoms with Gasteiger partial charge in [0.2, 0.25) is 0 Å². The van der Waals surface area contributed by atoms with Gasteiger partial charge in [-0.25, -0.2) is 0 Å². The van der Waals surface area contributed by atoms with E-state index in [2.05, 4.69) is 21.2 Å². The number of ether oxygens (including phenoxy) is 1. The summed E-state index contributed by atoms with van der Waals surface area (Å²) in [6.07, 6.45) is 0. The lowest BCUT2D eigenvalue weighted by atomic mass is 10.2. The Morgan fingerprint density at radius 3 is 2.68 bits per heavy atom. The van der Waals surface area contributed by atoms with Gasteiger partial charge in [0.25, 0.3) is 0 Å². The first-order chi connectivity index (χ1) is 9.22. The summed E-state index contributed by atoms with van der Waals surface area (Å²) in [4.78, 5) is 0. The number of anilines is 1. The molecule has 0 aromatic heterocycles. The Morgan fingerprint density at radius 1 is 1.16 bits per heavy atom. The van der Waals surface area contributed by atoms with Crippen LogP contribution >= 0.6 is 15.9 Å². The van der Waals surface area contributed by atoms with Crippen LogP contribution in [0.15, 0.2) is 46.9 Å². The van der Waals surface area contributed by atoms with Crippen molar-refractivity contribution in [2.45, 2.75) is 13.5 Å². The normalized spacial score (nSPS) is 10.2. The molecule has 2 aromatic carbocycles. The molecule has 2 aromatic rings. The van der Waals surface area contributed by atoms with Crippen LogP contribution in [-0.2, 0) is 6.54 Å². The van der Waals surface area contributed by atoms with Gasteiger partial charge in [-0.1, -0.05) is 24.3 Å². The van der Waals surface area contributed by atoms with E-state index in [1.807, 2.05) is 43.3 Å². The molecule has 0 heterocycles. The second kappa shape index (κ2) is 6.48.